The van der Waals surface area contributed by atoms with E-state index < -0.39 is 30.4 Å². The van der Waals surface area contributed by atoms with Gasteiger partial charge in [0.2, 0.25) is 0 Å². The molecule has 1 aromatic carbocycles. The summed E-state index contributed by atoms with van der Waals surface area (Å²) in [6.45, 7) is 2.76. The van der Waals surface area contributed by atoms with Crippen LogP contribution in [-0.4, -0.2) is 44.1 Å². The molecule has 3 N–H and O–H groups in total. The monoisotopic (exact) mass is 420 g/mol. The van der Waals surface area contributed by atoms with E-state index >= 15 is 0 Å². The van der Waals surface area contributed by atoms with E-state index in [0.29, 0.717) is 11.3 Å². The average molecular weight is 420 g/mol. The fourth-order valence-electron chi connectivity index (χ4n) is 2.38. The molecule has 2 rings (SSSR count). The van der Waals surface area contributed by atoms with Crippen LogP contribution in [-0.2, 0) is 19.0 Å². The second kappa shape index (κ2) is 9.69. The van der Waals surface area contributed by atoms with Crippen molar-refractivity contribution >= 4 is 45.8 Å². The molecule has 154 valence electrons. The Morgan fingerprint density at radius 2 is 1.83 bits per heavy atom. The number of nitrogens with two attached hydrogens (primary N) is 1. The van der Waals surface area contributed by atoms with Crippen LogP contribution in [0.5, 0.6) is 0 Å². The Morgan fingerprint density at radius 1 is 1.10 bits per heavy atom. The summed E-state index contributed by atoms with van der Waals surface area (Å²) in [6, 6.07) is 6.11. The summed E-state index contributed by atoms with van der Waals surface area (Å²) in [5, 5.41) is 2.57. The molecule has 2 aromatic rings. The number of nitrogens with one attached hydrogen (secondary N) is 1. The summed E-state index contributed by atoms with van der Waals surface area (Å²) >= 11 is 0.874. The molecule has 0 unspecified atom stereocenters. The van der Waals surface area contributed by atoms with Crippen LogP contribution in [0.4, 0.5) is 10.7 Å². The Labute approximate surface area is 170 Å². The number of anilines is 2. The lowest BCUT2D eigenvalue weighted by molar-refractivity contribution is -0.119. The number of nitrogen functional groups attached to an aromatic ring is 1. The van der Waals surface area contributed by atoms with E-state index in [-0.39, 0.29) is 27.6 Å². The smallest absolute Gasteiger partial charge is 0.348 e. The van der Waals surface area contributed by atoms with E-state index in [9.17, 15) is 19.2 Å². The van der Waals surface area contributed by atoms with E-state index in [1.165, 1.54) is 19.2 Å². The molecule has 1 aromatic heterocycles. The number of hydrogen-bond donors (Lipinski definition) is 2. The van der Waals surface area contributed by atoms with E-state index in [1.54, 1.807) is 26.0 Å². The number of carbonyl (C=O) groups is 4. The van der Waals surface area contributed by atoms with Crippen molar-refractivity contribution in [2.45, 2.75) is 13.8 Å². The molecule has 0 radical (unpaired) electrons. The van der Waals surface area contributed by atoms with Gasteiger partial charge in [-0.25, -0.2) is 14.4 Å². The molecule has 1 heterocycles. The Kier molecular flexibility index (Phi) is 7.32. The molecule has 0 aliphatic rings. The highest BCUT2D eigenvalue weighted by atomic mass is 32.1. The molecule has 0 saturated heterocycles. The molecular weight excluding hydrogens is 400 g/mol. The van der Waals surface area contributed by atoms with Gasteiger partial charge in [0.05, 0.1) is 24.8 Å². The lowest BCUT2D eigenvalue weighted by atomic mass is 10.1. The molecule has 0 atom stereocenters. The maximum Gasteiger partial charge on any atom is 0.348 e. The lowest BCUT2D eigenvalue weighted by Crippen LogP contribution is -2.21. The Morgan fingerprint density at radius 3 is 2.45 bits per heavy atom. The summed E-state index contributed by atoms with van der Waals surface area (Å²) in [5.74, 6) is -2.76. The summed E-state index contributed by atoms with van der Waals surface area (Å²) in [5.41, 5.74) is 6.55. The van der Waals surface area contributed by atoms with Crippen LogP contribution in [0.25, 0.3) is 0 Å². The van der Waals surface area contributed by atoms with Gasteiger partial charge in [-0.1, -0.05) is 6.07 Å². The fraction of sp³-hybridized carbons (Fsp3) is 0.263. The Hall–Kier alpha value is -3.40. The highest BCUT2D eigenvalue weighted by molar-refractivity contribution is 7.18. The molecular formula is C19H20N2O7S. The Bertz CT molecular complexity index is 952. The van der Waals surface area contributed by atoms with Crippen LogP contribution in [0.3, 0.4) is 0 Å². The number of methoxy groups -OCH3 is 1. The van der Waals surface area contributed by atoms with Gasteiger partial charge in [-0.3, -0.25) is 4.79 Å². The summed E-state index contributed by atoms with van der Waals surface area (Å²) in [6.07, 6.45) is 0. The highest BCUT2D eigenvalue weighted by Gasteiger charge is 2.27. The van der Waals surface area contributed by atoms with Gasteiger partial charge in [0.25, 0.3) is 5.91 Å². The van der Waals surface area contributed by atoms with Crippen molar-refractivity contribution in [1.29, 1.82) is 0 Å². The van der Waals surface area contributed by atoms with Gasteiger partial charge in [0, 0.05) is 5.69 Å². The van der Waals surface area contributed by atoms with Crippen LogP contribution in [0.15, 0.2) is 24.3 Å². The van der Waals surface area contributed by atoms with Crippen LogP contribution < -0.4 is 11.1 Å². The van der Waals surface area contributed by atoms with Gasteiger partial charge < -0.3 is 25.3 Å². The first-order chi connectivity index (χ1) is 13.8. The zero-order chi connectivity index (χ0) is 21.6. The molecule has 1 amide bonds. The van der Waals surface area contributed by atoms with Gasteiger partial charge >= 0.3 is 17.9 Å². The zero-order valence-electron chi connectivity index (χ0n) is 16.1. The summed E-state index contributed by atoms with van der Waals surface area (Å²) < 4.78 is 14.6. The Balaban J connectivity index is 2.14. The van der Waals surface area contributed by atoms with Gasteiger partial charge in [-0.15, -0.1) is 11.3 Å². The summed E-state index contributed by atoms with van der Waals surface area (Å²) in [7, 11) is 1.18. The van der Waals surface area contributed by atoms with Gasteiger partial charge in [0.15, 0.2) is 6.61 Å². The molecule has 10 heteroatoms. The molecule has 0 fully saturated rings. The SMILES string of the molecule is CCOC(=O)c1sc(NC(=O)COC(=O)c2cccc(N)c2)c(C(=O)OC)c1C. The highest BCUT2D eigenvalue weighted by Crippen LogP contribution is 2.34. The number of benzene rings is 1. The molecule has 0 aliphatic carbocycles. The first kappa shape index (κ1) is 21.9. The number of ether oxygens (including phenoxy) is 3. The second-order valence-corrected chi connectivity index (χ2v) is 6.74. The number of thiophene rings is 1. The minimum atomic E-state index is -0.727. The van der Waals surface area contributed by atoms with Crippen molar-refractivity contribution in [3.05, 3.63) is 45.8 Å². The predicted octanol–water partition coefficient (Wildman–Crippen LogP) is 2.40. The molecule has 29 heavy (non-hydrogen) atoms. The van der Waals surface area contributed by atoms with Crippen LogP contribution >= 0.6 is 11.3 Å². The average Bonchev–Trinajstić information content (AvgIpc) is 3.01. The van der Waals surface area contributed by atoms with E-state index in [2.05, 4.69) is 5.32 Å². The maximum absolute atomic E-state index is 12.2. The fourth-order valence-corrected chi connectivity index (χ4v) is 3.49. The van der Waals surface area contributed by atoms with Crippen molar-refractivity contribution in [2.75, 3.05) is 31.4 Å². The number of esters is 3. The van der Waals surface area contributed by atoms with Gasteiger partial charge in [-0.2, -0.15) is 0 Å². The van der Waals surface area contributed by atoms with Gasteiger partial charge in [0.1, 0.15) is 9.88 Å². The van der Waals surface area contributed by atoms with Crippen molar-refractivity contribution < 1.29 is 33.4 Å². The molecule has 0 aliphatic heterocycles. The normalized spacial score (nSPS) is 10.2. The minimum Gasteiger partial charge on any atom is -0.465 e. The van der Waals surface area contributed by atoms with Crippen molar-refractivity contribution in [3.63, 3.8) is 0 Å². The predicted molar refractivity (Wildman–Crippen MR) is 106 cm³/mol. The first-order valence-corrected chi connectivity index (χ1v) is 9.31. The number of rotatable bonds is 7. The van der Waals surface area contributed by atoms with Crippen LogP contribution in [0, 0.1) is 6.92 Å². The van der Waals surface area contributed by atoms with Gasteiger partial charge in [-0.05, 0) is 37.6 Å². The number of carbonyl (C=O) groups excluding carboxylic acids is 4. The first-order valence-electron chi connectivity index (χ1n) is 8.49. The zero-order valence-corrected chi connectivity index (χ0v) is 16.9. The molecule has 9 nitrogen and oxygen atoms in total. The summed E-state index contributed by atoms with van der Waals surface area (Å²) in [4.78, 5) is 48.6. The lowest BCUT2D eigenvalue weighted by Gasteiger charge is -2.07. The number of amides is 1. The van der Waals surface area contributed by atoms with E-state index in [1.807, 2.05) is 0 Å². The molecule has 0 saturated carbocycles. The van der Waals surface area contributed by atoms with Crippen molar-refractivity contribution in [2.24, 2.45) is 0 Å². The third-order valence-electron chi connectivity index (χ3n) is 3.71. The second-order valence-electron chi connectivity index (χ2n) is 5.72. The topological polar surface area (TPSA) is 134 Å². The molecule has 0 spiro atoms. The molecule has 0 bridgehead atoms. The third-order valence-corrected chi connectivity index (χ3v) is 4.89. The largest absolute Gasteiger partial charge is 0.465 e. The maximum atomic E-state index is 12.2. The van der Waals surface area contributed by atoms with Crippen molar-refractivity contribution in [3.8, 4) is 0 Å². The number of hydrogen-bond acceptors (Lipinski definition) is 9. The third kappa shape index (κ3) is 5.32. The van der Waals surface area contributed by atoms with Crippen molar-refractivity contribution in [1.82, 2.24) is 0 Å². The quantitative estimate of drug-likeness (QED) is 0.396. The minimum absolute atomic E-state index is 0.0380. The van der Waals surface area contributed by atoms with E-state index in [0.717, 1.165) is 11.3 Å². The van der Waals surface area contributed by atoms with Crippen LogP contribution in [0.1, 0.15) is 42.9 Å². The van der Waals surface area contributed by atoms with E-state index in [4.69, 9.17) is 19.9 Å². The standard InChI is InChI=1S/C19H20N2O7S/c1-4-27-19(25)15-10(2)14(18(24)26-3)16(29-15)21-13(22)9-28-17(23)11-6-5-7-12(20)8-11/h5-8H,4,9,20H2,1-3H3,(H,21,22). The van der Waals surface area contributed by atoms with Crippen LogP contribution in [0.2, 0.25) is 0 Å².